The minimum atomic E-state index is -0.905. The maximum absolute atomic E-state index is 10.2. The molecule has 2 atom stereocenters. The zero-order valence-corrected chi connectivity index (χ0v) is 6.78. The molecule has 66 valence electrons. The van der Waals surface area contributed by atoms with E-state index in [0.29, 0.717) is 6.42 Å². The summed E-state index contributed by atoms with van der Waals surface area (Å²) < 4.78 is 4.83. The van der Waals surface area contributed by atoms with Crippen molar-refractivity contribution in [2.24, 2.45) is 0 Å². The second kappa shape index (κ2) is 5.09. The van der Waals surface area contributed by atoms with Crippen molar-refractivity contribution in [3.05, 3.63) is 0 Å². The molecular formula is C7H14O4. The van der Waals surface area contributed by atoms with Crippen LogP contribution in [-0.2, 0) is 9.53 Å². The van der Waals surface area contributed by atoms with Gasteiger partial charge in [-0.2, -0.15) is 0 Å². The Morgan fingerprint density at radius 3 is 2.45 bits per heavy atom. The van der Waals surface area contributed by atoms with E-state index in [1.54, 1.807) is 6.92 Å². The summed E-state index contributed by atoms with van der Waals surface area (Å²) in [6, 6.07) is 0. The number of hydrogen-bond acceptors (Lipinski definition) is 3. The van der Waals surface area contributed by atoms with Crippen molar-refractivity contribution in [2.45, 2.75) is 32.0 Å². The molecule has 0 saturated carbocycles. The SMILES string of the molecule is COC(CC(=O)O)CC(C)O. The number of methoxy groups -OCH3 is 1. The van der Waals surface area contributed by atoms with Crippen molar-refractivity contribution in [1.29, 1.82) is 0 Å². The smallest absolute Gasteiger partial charge is 0.305 e. The van der Waals surface area contributed by atoms with Gasteiger partial charge in [0, 0.05) is 7.11 Å². The van der Waals surface area contributed by atoms with Gasteiger partial charge in [-0.25, -0.2) is 0 Å². The molecule has 2 unspecified atom stereocenters. The van der Waals surface area contributed by atoms with Crippen LogP contribution in [0, 0.1) is 0 Å². The van der Waals surface area contributed by atoms with Gasteiger partial charge in [0.25, 0.3) is 0 Å². The molecule has 0 spiro atoms. The molecule has 0 radical (unpaired) electrons. The standard InChI is InChI=1S/C7H14O4/c1-5(8)3-6(11-2)4-7(9)10/h5-6,8H,3-4H2,1-2H3,(H,9,10). The number of carboxylic acid groups (broad SMARTS) is 1. The molecule has 11 heavy (non-hydrogen) atoms. The maximum Gasteiger partial charge on any atom is 0.305 e. The molecule has 0 aromatic rings. The van der Waals surface area contributed by atoms with Crippen LogP contribution >= 0.6 is 0 Å². The molecule has 0 aliphatic carbocycles. The number of carbonyl (C=O) groups is 1. The zero-order chi connectivity index (χ0) is 8.85. The lowest BCUT2D eigenvalue weighted by atomic mass is 10.1. The number of hydrogen-bond donors (Lipinski definition) is 2. The van der Waals surface area contributed by atoms with Gasteiger partial charge in [-0.05, 0) is 13.3 Å². The third-order valence-corrected chi connectivity index (χ3v) is 1.34. The average Bonchev–Trinajstić information content (AvgIpc) is 1.84. The minimum absolute atomic E-state index is 0.0542. The Bertz CT molecular complexity index is 122. The third kappa shape index (κ3) is 5.82. The fourth-order valence-electron chi connectivity index (χ4n) is 0.838. The first-order valence-electron chi connectivity index (χ1n) is 3.49. The fraction of sp³-hybridized carbons (Fsp3) is 0.857. The Morgan fingerprint density at radius 1 is 1.64 bits per heavy atom. The lowest BCUT2D eigenvalue weighted by Crippen LogP contribution is -2.20. The molecule has 0 aliphatic rings. The molecular weight excluding hydrogens is 148 g/mol. The highest BCUT2D eigenvalue weighted by atomic mass is 16.5. The lowest BCUT2D eigenvalue weighted by molar-refractivity contribution is -0.140. The predicted molar refractivity (Wildman–Crippen MR) is 39.3 cm³/mol. The van der Waals surface area contributed by atoms with Crippen molar-refractivity contribution in [2.75, 3.05) is 7.11 Å². The van der Waals surface area contributed by atoms with E-state index in [9.17, 15) is 4.79 Å². The normalized spacial score (nSPS) is 15.9. The van der Waals surface area contributed by atoms with E-state index in [1.165, 1.54) is 7.11 Å². The van der Waals surface area contributed by atoms with E-state index >= 15 is 0 Å². The van der Waals surface area contributed by atoms with E-state index in [2.05, 4.69) is 0 Å². The van der Waals surface area contributed by atoms with Crippen LogP contribution in [0.4, 0.5) is 0 Å². The van der Waals surface area contributed by atoms with Gasteiger partial charge in [-0.15, -0.1) is 0 Å². The van der Waals surface area contributed by atoms with Crippen molar-refractivity contribution >= 4 is 5.97 Å². The van der Waals surface area contributed by atoms with Crippen LogP contribution in [0.3, 0.4) is 0 Å². The molecule has 0 rings (SSSR count). The first-order valence-corrected chi connectivity index (χ1v) is 3.49. The Labute approximate surface area is 65.8 Å². The molecule has 0 fully saturated rings. The van der Waals surface area contributed by atoms with Crippen LogP contribution in [0.2, 0.25) is 0 Å². The summed E-state index contributed by atoms with van der Waals surface area (Å²) in [7, 11) is 1.44. The Hall–Kier alpha value is -0.610. The number of rotatable bonds is 5. The van der Waals surface area contributed by atoms with Gasteiger partial charge in [0.1, 0.15) is 0 Å². The molecule has 4 heteroatoms. The Morgan fingerprint density at radius 2 is 2.18 bits per heavy atom. The summed E-state index contributed by atoms with van der Waals surface area (Å²) in [6.45, 7) is 1.61. The summed E-state index contributed by atoms with van der Waals surface area (Å²) in [4.78, 5) is 10.2. The van der Waals surface area contributed by atoms with Crippen LogP contribution in [0.1, 0.15) is 19.8 Å². The van der Waals surface area contributed by atoms with Crippen molar-refractivity contribution in [3.8, 4) is 0 Å². The Kier molecular flexibility index (Phi) is 4.81. The average molecular weight is 162 g/mol. The summed E-state index contributed by atoms with van der Waals surface area (Å²) in [5.41, 5.74) is 0. The van der Waals surface area contributed by atoms with E-state index in [0.717, 1.165) is 0 Å². The topological polar surface area (TPSA) is 66.8 Å². The summed E-state index contributed by atoms with van der Waals surface area (Å²) in [6.07, 6.45) is -0.587. The summed E-state index contributed by atoms with van der Waals surface area (Å²) in [5.74, 6) is -0.905. The number of ether oxygens (including phenoxy) is 1. The lowest BCUT2D eigenvalue weighted by Gasteiger charge is -2.13. The quantitative estimate of drug-likeness (QED) is 0.608. The predicted octanol–water partition coefficient (Wildman–Crippen LogP) is 0.247. The second-order valence-electron chi connectivity index (χ2n) is 2.54. The molecule has 0 heterocycles. The number of aliphatic hydroxyl groups excluding tert-OH is 1. The highest BCUT2D eigenvalue weighted by molar-refractivity contribution is 5.67. The van der Waals surface area contributed by atoms with Gasteiger partial charge >= 0.3 is 5.97 Å². The van der Waals surface area contributed by atoms with E-state index in [4.69, 9.17) is 14.9 Å². The summed E-state index contributed by atoms with van der Waals surface area (Å²) in [5, 5.41) is 17.3. The molecule has 2 N–H and O–H groups in total. The largest absolute Gasteiger partial charge is 0.481 e. The Balaban J connectivity index is 3.66. The minimum Gasteiger partial charge on any atom is -0.481 e. The van der Waals surface area contributed by atoms with E-state index < -0.39 is 12.1 Å². The molecule has 0 aromatic carbocycles. The number of aliphatic carboxylic acids is 1. The van der Waals surface area contributed by atoms with Gasteiger partial charge in [0.2, 0.25) is 0 Å². The van der Waals surface area contributed by atoms with E-state index in [-0.39, 0.29) is 12.5 Å². The monoisotopic (exact) mass is 162 g/mol. The van der Waals surface area contributed by atoms with E-state index in [1.807, 2.05) is 0 Å². The fourth-order valence-corrected chi connectivity index (χ4v) is 0.838. The molecule has 0 bridgehead atoms. The molecule has 0 aromatic heterocycles. The first kappa shape index (κ1) is 10.4. The van der Waals surface area contributed by atoms with Crippen LogP contribution in [0.15, 0.2) is 0 Å². The van der Waals surface area contributed by atoms with Crippen LogP contribution in [0.5, 0.6) is 0 Å². The molecule has 0 saturated heterocycles. The van der Waals surface area contributed by atoms with Gasteiger partial charge < -0.3 is 14.9 Å². The highest BCUT2D eigenvalue weighted by Gasteiger charge is 2.13. The van der Waals surface area contributed by atoms with Crippen molar-refractivity contribution in [1.82, 2.24) is 0 Å². The first-order chi connectivity index (χ1) is 5.06. The maximum atomic E-state index is 10.2. The van der Waals surface area contributed by atoms with Gasteiger partial charge in [0.15, 0.2) is 0 Å². The van der Waals surface area contributed by atoms with Gasteiger partial charge in [0.05, 0.1) is 18.6 Å². The zero-order valence-electron chi connectivity index (χ0n) is 6.78. The van der Waals surface area contributed by atoms with Gasteiger partial charge in [-0.3, -0.25) is 4.79 Å². The third-order valence-electron chi connectivity index (χ3n) is 1.34. The summed E-state index contributed by atoms with van der Waals surface area (Å²) >= 11 is 0. The van der Waals surface area contributed by atoms with Gasteiger partial charge in [-0.1, -0.05) is 0 Å². The molecule has 0 aliphatic heterocycles. The van der Waals surface area contributed by atoms with Crippen molar-refractivity contribution < 1.29 is 19.7 Å². The number of aliphatic hydroxyl groups is 1. The highest BCUT2D eigenvalue weighted by Crippen LogP contribution is 2.05. The number of carboxylic acids is 1. The molecule has 4 nitrogen and oxygen atoms in total. The van der Waals surface area contributed by atoms with Crippen LogP contribution in [-0.4, -0.2) is 35.5 Å². The second-order valence-corrected chi connectivity index (χ2v) is 2.54. The van der Waals surface area contributed by atoms with Crippen molar-refractivity contribution in [3.63, 3.8) is 0 Å². The van der Waals surface area contributed by atoms with Crippen LogP contribution in [0.25, 0.3) is 0 Å². The molecule has 0 amide bonds. The van der Waals surface area contributed by atoms with Crippen LogP contribution < -0.4 is 0 Å².